The normalized spacial score (nSPS) is 12.5. The van der Waals surface area contributed by atoms with Crippen molar-refractivity contribution in [2.45, 2.75) is 5.41 Å². The van der Waals surface area contributed by atoms with E-state index in [9.17, 15) is 0 Å². The third-order valence-corrected chi connectivity index (χ3v) is 12.4. The second kappa shape index (κ2) is 14.9. The van der Waals surface area contributed by atoms with E-state index in [1.165, 1.54) is 77.5 Å². The van der Waals surface area contributed by atoms with Crippen molar-refractivity contribution in [1.82, 2.24) is 0 Å². The standard InChI is InChI=1S/C59H41N/c1-5-19-43(20-6-1)50-31-17-21-44-22-18-32-54(58(44)50)53-30-14-16-34-57(53)60(48-27-11-4-12-28-48)49-38-35-42(36-39-49)45-37-40-52-51-29-13-15-33-55(51)59(56(52)41-45,46-23-7-2-8-24-46)47-25-9-3-10-26-47/h1-41H. The minimum absolute atomic E-state index is 0.444. The molecule has 10 aromatic carbocycles. The van der Waals surface area contributed by atoms with Crippen molar-refractivity contribution in [3.8, 4) is 44.5 Å². The predicted octanol–water partition coefficient (Wildman–Crippen LogP) is 15.7. The van der Waals surface area contributed by atoms with Gasteiger partial charge in [-0.25, -0.2) is 0 Å². The molecular formula is C59H41N. The summed E-state index contributed by atoms with van der Waals surface area (Å²) in [5.74, 6) is 0. The molecule has 0 bridgehead atoms. The summed E-state index contributed by atoms with van der Waals surface area (Å²) in [6.45, 7) is 0. The molecule has 0 saturated heterocycles. The van der Waals surface area contributed by atoms with Crippen LogP contribution in [0.3, 0.4) is 0 Å². The van der Waals surface area contributed by atoms with E-state index in [1.807, 2.05) is 0 Å². The van der Waals surface area contributed by atoms with Crippen LogP contribution in [0, 0.1) is 0 Å². The first-order valence-corrected chi connectivity index (χ1v) is 20.8. The second-order valence-corrected chi connectivity index (χ2v) is 15.6. The molecule has 0 N–H and O–H groups in total. The van der Waals surface area contributed by atoms with Crippen LogP contribution in [0.5, 0.6) is 0 Å². The van der Waals surface area contributed by atoms with Crippen molar-refractivity contribution in [1.29, 1.82) is 0 Å². The average molecular weight is 764 g/mol. The van der Waals surface area contributed by atoms with E-state index < -0.39 is 5.41 Å². The van der Waals surface area contributed by atoms with Crippen molar-refractivity contribution >= 4 is 27.8 Å². The van der Waals surface area contributed by atoms with Crippen LogP contribution in [0.4, 0.5) is 17.1 Å². The fraction of sp³-hybridized carbons (Fsp3) is 0.0169. The van der Waals surface area contributed by atoms with Gasteiger partial charge in [0, 0.05) is 16.9 Å². The van der Waals surface area contributed by atoms with Crippen LogP contribution in [0.25, 0.3) is 55.3 Å². The maximum absolute atomic E-state index is 2.44. The second-order valence-electron chi connectivity index (χ2n) is 15.6. The highest BCUT2D eigenvalue weighted by Crippen LogP contribution is 2.57. The highest BCUT2D eigenvalue weighted by Gasteiger charge is 2.46. The molecule has 1 aliphatic rings. The number of rotatable bonds is 8. The Morgan fingerprint density at radius 2 is 0.783 bits per heavy atom. The topological polar surface area (TPSA) is 3.24 Å². The Morgan fingerprint density at radius 1 is 0.283 bits per heavy atom. The molecule has 1 nitrogen and oxygen atoms in total. The van der Waals surface area contributed by atoms with E-state index >= 15 is 0 Å². The van der Waals surface area contributed by atoms with Crippen molar-refractivity contribution < 1.29 is 0 Å². The monoisotopic (exact) mass is 763 g/mol. The fourth-order valence-electron chi connectivity index (χ4n) is 9.75. The quantitative estimate of drug-likeness (QED) is 0.149. The summed E-state index contributed by atoms with van der Waals surface area (Å²) in [6.07, 6.45) is 0. The molecule has 0 spiro atoms. The molecule has 10 aromatic rings. The first-order chi connectivity index (χ1) is 29.8. The van der Waals surface area contributed by atoms with Gasteiger partial charge < -0.3 is 4.90 Å². The number of nitrogens with zero attached hydrogens (tertiary/aromatic N) is 1. The number of fused-ring (bicyclic) bond motifs is 4. The van der Waals surface area contributed by atoms with E-state index in [4.69, 9.17) is 0 Å². The van der Waals surface area contributed by atoms with Gasteiger partial charge in [0.15, 0.2) is 0 Å². The molecule has 0 aromatic heterocycles. The molecule has 11 rings (SSSR count). The van der Waals surface area contributed by atoms with Gasteiger partial charge in [-0.1, -0.05) is 212 Å². The Balaban J connectivity index is 1.05. The Morgan fingerprint density at radius 3 is 1.47 bits per heavy atom. The molecule has 60 heavy (non-hydrogen) atoms. The van der Waals surface area contributed by atoms with Crippen LogP contribution in [0.2, 0.25) is 0 Å². The first-order valence-electron chi connectivity index (χ1n) is 20.8. The molecule has 1 heteroatoms. The summed E-state index contributed by atoms with van der Waals surface area (Å²) >= 11 is 0. The third-order valence-electron chi connectivity index (χ3n) is 12.4. The first kappa shape index (κ1) is 35.4. The van der Waals surface area contributed by atoms with Crippen molar-refractivity contribution in [3.63, 3.8) is 0 Å². The van der Waals surface area contributed by atoms with Crippen LogP contribution in [0.15, 0.2) is 249 Å². The van der Waals surface area contributed by atoms with Gasteiger partial charge in [-0.15, -0.1) is 0 Å². The molecule has 0 aliphatic heterocycles. The molecule has 0 heterocycles. The molecule has 0 fully saturated rings. The fourth-order valence-corrected chi connectivity index (χ4v) is 9.75. The third kappa shape index (κ3) is 5.78. The summed E-state index contributed by atoms with van der Waals surface area (Å²) in [6, 6.07) is 90.9. The Hall–Kier alpha value is -7.74. The predicted molar refractivity (Wildman–Crippen MR) is 252 cm³/mol. The van der Waals surface area contributed by atoms with Crippen molar-refractivity contribution in [2.24, 2.45) is 0 Å². The van der Waals surface area contributed by atoms with Gasteiger partial charge in [-0.3, -0.25) is 0 Å². The molecule has 0 saturated carbocycles. The zero-order chi connectivity index (χ0) is 39.9. The smallest absolute Gasteiger partial charge is 0.0713 e. The number of para-hydroxylation sites is 2. The van der Waals surface area contributed by atoms with Gasteiger partial charge in [0.25, 0.3) is 0 Å². The van der Waals surface area contributed by atoms with E-state index in [2.05, 4.69) is 254 Å². The van der Waals surface area contributed by atoms with Gasteiger partial charge in [0.1, 0.15) is 0 Å². The van der Waals surface area contributed by atoms with E-state index in [0.717, 1.165) is 17.1 Å². The zero-order valence-corrected chi connectivity index (χ0v) is 33.1. The maximum Gasteiger partial charge on any atom is 0.0713 e. The van der Waals surface area contributed by atoms with Gasteiger partial charge >= 0.3 is 0 Å². The molecule has 282 valence electrons. The summed E-state index contributed by atoms with van der Waals surface area (Å²) in [7, 11) is 0. The summed E-state index contributed by atoms with van der Waals surface area (Å²) in [5, 5.41) is 2.48. The highest BCUT2D eigenvalue weighted by molar-refractivity contribution is 6.08. The maximum atomic E-state index is 2.44. The number of benzene rings is 10. The van der Waals surface area contributed by atoms with Crippen LogP contribution in [-0.4, -0.2) is 0 Å². The number of hydrogen-bond acceptors (Lipinski definition) is 1. The molecule has 0 unspecified atom stereocenters. The van der Waals surface area contributed by atoms with Crippen molar-refractivity contribution in [3.05, 3.63) is 271 Å². The van der Waals surface area contributed by atoms with E-state index in [1.54, 1.807) is 0 Å². The van der Waals surface area contributed by atoms with E-state index in [0.29, 0.717) is 0 Å². The Kier molecular flexibility index (Phi) is 8.79. The Bertz CT molecular complexity index is 3070. The number of anilines is 3. The van der Waals surface area contributed by atoms with Gasteiger partial charge in [-0.05, 0) is 108 Å². The minimum atomic E-state index is -0.444. The molecular weight excluding hydrogens is 723 g/mol. The summed E-state index contributed by atoms with van der Waals surface area (Å²) in [5.41, 5.74) is 17.8. The molecule has 0 radical (unpaired) electrons. The van der Waals surface area contributed by atoms with Crippen molar-refractivity contribution in [2.75, 3.05) is 4.90 Å². The lowest BCUT2D eigenvalue weighted by Gasteiger charge is -2.34. The molecule has 0 atom stereocenters. The lowest BCUT2D eigenvalue weighted by molar-refractivity contribution is 0.769. The summed E-state index contributed by atoms with van der Waals surface area (Å²) < 4.78 is 0. The van der Waals surface area contributed by atoms with Crippen LogP contribution < -0.4 is 4.90 Å². The molecule has 0 amide bonds. The lowest BCUT2D eigenvalue weighted by Crippen LogP contribution is -2.28. The molecule has 1 aliphatic carbocycles. The van der Waals surface area contributed by atoms with Crippen LogP contribution >= 0.6 is 0 Å². The van der Waals surface area contributed by atoms with Gasteiger partial charge in [0.2, 0.25) is 0 Å². The SMILES string of the molecule is c1ccc(-c2cccc3cccc(-c4ccccc4N(c4ccccc4)c4ccc(-c5ccc6c(c5)C(c5ccccc5)(c5ccccc5)c5ccccc5-6)cc4)c23)cc1. The minimum Gasteiger partial charge on any atom is -0.310 e. The van der Waals surface area contributed by atoms with Crippen LogP contribution in [0.1, 0.15) is 22.3 Å². The number of hydrogen-bond donors (Lipinski definition) is 0. The highest BCUT2D eigenvalue weighted by atomic mass is 15.1. The summed E-state index contributed by atoms with van der Waals surface area (Å²) in [4.78, 5) is 2.40. The van der Waals surface area contributed by atoms with Crippen LogP contribution in [-0.2, 0) is 5.41 Å². The van der Waals surface area contributed by atoms with Gasteiger partial charge in [0.05, 0.1) is 11.1 Å². The van der Waals surface area contributed by atoms with Gasteiger partial charge in [-0.2, -0.15) is 0 Å². The Labute approximate surface area is 352 Å². The lowest BCUT2D eigenvalue weighted by atomic mass is 9.67. The largest absolute Gasteiger partial charge is 0.310 e. The average Bonchev–Trinajstić information content (AvgIpc) is 3.63. The van der Waals surface area contributed by atoms with E-state index in [-0.39, 0.29) is 0 Å². The zero-order valence-electron chi connectivity index (χ0n) is 33.1.